The zero-order valence-electron chi connectivity index (χ0n) is 14.6. The first-order valence-electron chi connectivity index (χ1n) is 7.81. The van der Waals surface area contributed by atoms with Crippen molar-refractivity contribution in [2.24, 2.45) is 0 Å². The van der Waals surface area contributed by atoms with E-state index in [4.69, 9.17) is 9.47 Å². The van der Waals surface area contributed by atoms with Crippen molar-refractivity contribution in [3.63, 3.8) is 0 Å². The van der Waals surface area contributed by atoms with Crippen molar-refractivity contribution in [3.05, 3.63) is 47.0 Å². The molecule has 2 aromatic carbocycles. The predicted molar refractivity (Wildman–Crippen MR) is 93.0 cm³/mol. The summed E-state index contributed by atoms with van der Waals surface area (Å²) in [6.45, 7) is 4.22. The van der Waals surface area contributed by atoms with Gasteiger partial charge in [0.2, 0.25) is 5.82 Å². The van der Waals surface area contributed by atoms with Crippen molar-refractivity contribution in [2.75, 3.05) is 14.2 Å². The molecule has 7 heteroatoms. The summed E-state index contributed by atoms with van der Waals surface area (Å²) >= 11 is 0. The Labute approximate surface area is 145 Å². The first-order valence-corrected chi connectivity index (χ1v) is 7.81. The van der Waals surface area contributed by atoms with E-state index in [1.165, 1.54) is 4.80 Å². The normalized spacial score (nSPS) is 10.7. The van der Waals surface area contributed by atoms with Crippen LogP contribution in [0.2, 0.25) is 0 Å². The van der Waals surface area contributed by atoms with Crippen LogP contribution in [0.3, 0.4) is 0 Å². The van der Waals surface area contributed by atoms with Gasteiger partial charge in [0, 0.05) is 5.56 Å². The molecular formula is C18H20N4O3. The summed E-state index contributed by atoms with van der Waals surface area (Å²) in [6.07, 6.45) is 0. The Morgan fingerprint density at radius 2 is 1.68 bits per heavy atom. The number of aryl methyl sites for hydroxylation is 2. The Morgan fingerprint density at radius 1 is 1.00 bits per heavy atom. The molecule has 25 heavy (non-hydrogen) atoms. The van der Waals surface area contributed by atoms with Crippen LogP contribution in [0.15, 0.2) is 30.3 Å². The second kappa shape index (κ2) is 6.80. The number of phenols is 1. The summed E-state index contributed by atoms with van der Waals surface area (Å²) in [7, 11) is 3.18. The average Bonchev–Trinajstić information content (AvgIpc) is 3.07. The first-order chi connectivity index (χ1) is 12.0. The number of phenolic OH excluding ortho intramolecular Hbond substituents is 1. The lowest BCUT2D eigenvalue weighted by Gasteiger charge is -2.08. The van der Waals surface area contributed by atoms with E-state index in [1.54, 1.807) is 14.2 Å². The lowest BCUT2D eigenvalue weighted by atomic mass is 10.1. The van der Waals surface area contributed by atoms with Gasteiger partial charge in [0.1, 0.15) is 5.75 Å². The third-order valence-corrected chi connectivity index (χ3v) is 3.97. The maximum atomic E-state index is 9.87. The van der Waals surface area contributed by atoms with Gasteiger partial charge in [-0.15, -0.1) is 10.2 Å². The van der Waals surface area contributed by atoms with Gasteiger partial charge in [-0.2, -0.15) is 4.80 Å². The monoisotopic (exact) mass is 340 g/mol. The first kappa shape index (κ1) is 16.8. The van der Waals surface area contributed by atoms with E-state index in [9.17, 15) is 5.11 Å². The second-order valence-corrected chi connectivity index (χ2v) is 5.79. The third-order valence-electron chi connectivity index (χ3n) is 3.97. The fourth-order valence-electron chi connectivity index (χ4n) is 2.70. The number of ether oxygens (including phenoxy) is 2. The van der Waals surface area contributed by atoms with Gasteiger partial charge in [-0.3, -0.25) is 0 Å². The molecule has 0 radical (unpaired) electrons. The molecule has 130 valence electrons. The summed E-state index contributed by atoms with van der Waals surface area (Å²) < 4.78 is 10.5. The minimum absolute atomic E-state index is 0.321. The van der Waals surface area contributed by atoms with Crippen LogP contribution in [0.1, 0.15) is 16.7 Å². The molecule has 0 atom stereocenters. The maximum Gasteiger partial charge on any atom is 0.205 e. The van der Waals surface area contributed by atoms with Crippen LogP contribution in [0.25, 0.3) is 11.4 Å². The summed E-state index contributed by atoms with van der Waals surface area (Å²) in [5.74, 6) is 2.09. The molecule has 3 rings (SSSR count). The van der Waals surface area contributed by atoms with Gasteiger partial charge in [-0.25, -0.2) is 0 Å². The minimum atomic E-state index is 0.321. The molecule has 0 bridgehead atoms. The van der Waals surface area contributed by atoms with Gasteiger partial charge in [0.05, 0.1) is 20.8 Å². The molecule has 0 aliphatic heterocycles. The number of hydrogen-bond donors (Lipinski definition) is 1. The number of benzene rings is 2. The highest BCUT2D eigenvalue weighted by Gasteiger charge is 2.11. The molecule has 0 saturated heterocycles. The van der Waals surface area contributed by atoms with Crippen LogP contribution in [-0.4, -0.2) is 39.5 Å². The summed E-state index contributed by atoms with van der Waals surface area (Å²) in [4.78, 5) is 1.53. The molecule has 0 amide bonds. The van der Waals surface area contributed by atoms with Crippen LogP contribution < -0.4 is 9.47 Å². The molecule has 0 unspecified atom stereocenters. The highest BCUT2D eigenvalue weighted by atomic mass is 16.5. The molecule has 0 aliphatic rings. The number of rotatable bonds is 5. The van der Waals surface area contributed by atoms with E-state index in [0.29, 0.717) is 29.6 Å². The van der Waals surface area contributed by atoms with Crippen molar-refractivity contribution in [1.82, 2.24) is 20.2 Å². The largest absolute Gasteiger partial charge is 0.507 e. The molecule has 3 aromatic rings. The average molecular weight is 340 g/mol. The zero-order chi connectivity index (χ0) is 18.0. The molecular weight excluding hydrogens is 320 g/mol. The van der Waals surface area contributed by atoms with Crippen molar-refractivity contribution >= 4 is 0 Å². The molecule has 0 saturated carbocycles. The van der Waals surface area contributed by atoms with Gasteiger partial charge in [-0.1, -0.05) is 12.1 Å². The summed E-state index contributed by atoms with van der Waals surface area (Å²) in [6, 6.07) is 9.32. The summed E-state index contributed by atoms with van der Waals surface area (Å²) in [5, 5.41) is 22.5. The van der Waals surface area contributed by atoms with Crippen LogP contribution in [0.5, 0.6) is 17.2 Å². The van der Waals surface area contributed by atoms with Gasteiger partial charge in [0.25, 0.3) is 0 Å². The van der Waals surface area contributed by atoms with E-state index in [-0.39, 0.29) is 0 Å². The van der Waals surface area contributed by atoms with Crippen LogP contribution in [0, 0.1) is 13.8 Å². The van der Waals surface area contributed by atoms with Gasteiger partial charge >= 0.3 is 0 Å². The van der Waals surface area contributed by atoms with Crippen LogP contribution >= 0.6 is 0 Å². The highest BCUT2D eigenvalue weighted by Crippen LogP contribution is 2.30. The molecule has 1 N–H and O–H groups in total. The number of nitrogens with zero attached hydrogens (tertiary/aromatic N) is 4. The standard InChI is InChI=1S/C18H20N4O3/c1-11-7-13(8-12(2)17(11)23)10-22-20-18(19-21-22)14-5-6-15(24-3)16(9-14)25-4/h5-9,23H,10H2,1-4H3. The summed E-state index contributed by atoms with van der Waals surface area (Å²) in [5.41, 5.74) is 3.46. The Hall–Kier alpha value is -3.09. The quantitative estimate of drug-likeness (QED) is 0.769. The Kier molecular flexibility index (Phi) is 4.56. The van der Waals surface area contributed by atoms with Crippen molar-refractivity contribution in [2.45, 2.75) is 20.4 Å². The second-order valence-electron chi connectivity index (χ2n) is 5.79. The third kappa shape index (κ3) is 3.40. The number of methoxy groups -OCH3 is 2. The van der Waals surface area contributed by atoms with E-state index in [1.807, 2.05) is 44.2 Å². The van der Waals surface area contributed by atoms with E-state index in [2.05, 4.69) is 15.4 Å². The maximum absolute atomic E-state index is 9.87. The number of aromatic hydroxyl groups is 1. The molecule has 0 aliphatic carbocycles. The van der Waals surface area contributed by atoms with Crippen LogP contribution in [-0.2, 0) is 6.54 Å². The fraction of sp³-hybridized carbons (Fsp3) is 0.278. The van der Waals surface area contributed by atoms with Crippen molar-refractivity contribution < 1.29 is 14.6 Å². The number of tetrazole rings is 1. The highest BCUT2D eigenvalue weighted by molar-refractivity contribution is 5.60. The Bertz CT molecular complexity index is 882. The molecule has 0 fully saturated rings. The fourth-order valence-corrected chi connectivity index (χ4v) is 2.70. The number of aromatic nitrogens is 4. The van der Waals surface area contributed by atoms with E-state index >= 15 is 0 Å². The molecule has 1 heterocycles. The van der Waals surface area contributed by atoms with Crippen molar-refractivity contribution in [1.29, 1.82) is 0 Å². The molecule has 1 aromatic heterocycles. The SMILES string of the molecule is COc1ccc(-c2nnn(Cc3cc(C)c(O)c(C)c3)n2)cc1OC. The zero-order valence-corrected chi connectivity index (χ0v) is 14.6. The van der Waals surface area contributed by atoms with Crippen molar-refractivity contribution in [3.8, 4) is 28.6 Å². The lowest BCUT2D eigenvalue weighted by molar-refractivity contribution is 0.355. The smallest absolute Gasteiger partial charge is 0.205 e. The Balaban J connectivity index is 1.86. The minimum Gasteiger partial charge on any atom is -0.507 e. The topological polar surface area (TPSA) is 82.3 Å². The van der Waals surface area contributed by atoms with E-state index < -0.39 is 0 Å². The van der Waals surface area contributed by atoms with Gasteiger partial charge in [0.15, 0.2) is 11.5 Å². The van der Waals surface area contributed by atoms with E-state index in [0.717, 1.165) is 22.3 Å². The number of hydrogen-bond acceptors (Lipinski definition) is 6. The lowest BCUT2D eigenvalue weighted by Crippen LogP contribution is -2.04. The van der Waals surface area contributed by atoms with Crippen LogP contribution in [0.4, 0.5) is 0 Å². The Morgan fingerprint density at radius 3 is 2.32 bits per heavy atom. The molecule has 0 spiro atoms. The molecule has 7 nitrogen and oxygen atoms in total. The van der Waals surface area contributed by atoms with Gasteiger partial charge < -0.3 is 14.6 Å². The van der Waals surface area contributed by atoms with Gasteiger partial charge in [-0.05, 0) is 54.0 Å². The predicted octanol–water partition coefficient (Wildman–Crippen LogP) is 2.73.